The normalized spacial score (nSPS) is 11.2. The van der Waals surface area contributed by atoms with Crippen molar-refractivity contribution in [3.63, 3.8) is 0 Å². The van der Waals surface area contributed by atoms with Crippen molar-refractivity contribution in [2.24, 2.45) is 0 Å². The summed E-state index contributed by atoms with van der Waals surface area (Å²) in [6.07, 6.45) is 3.32. The molecule has 5 rings (SSSR count). The van der Waals surface area contributed by atoms with Gasteiger partial charge >= 0.3 is 0 Å². The summed E-state index contributed by atoms with van der Waals surface area (Å²) in [5, 5.41) is 11.8. The summed E-state index contributed by atoms with van der Waals surface area (Å²) in [6.45, 7) is 1.85. The molecule has 1 N–H and O–H groups in total. The van der Waals surface area contributed by atoms with Crippen LogP contribution < -0.4 is 5.32 Å². The summed E-state index contributed by atoms with van der Waals surface area (Å²) in [4.78, 5) is 8.72. The molecule has 1 aromatic carbocycles. The van der Waals surface area contributed by atoms with Gasteiger partial charge in [-0.15, -0.1) is 5.10 Å². The van der Waals surface area contributed by atoms with Crippen LogP contribution in [-0.2, 0) is 6.54 Å². The molecule has 0 aliphatic carbocycles. The molecule has 0 radical (unpaired) electrons. The fourth-order valence-electron chi connectivity index (χ4n) is 3.34. The standard InChI is InChI=1S/C22H17F2N7/c1-14-4-2-7-22(28-14)31-19(15-8-9-21-26-13-27-30(21)12-15)10-20(29-31)25-11-16-17(23)5-3-6-18(16)24/h2-10,12-13H,11H2,1H3,(H,25,29). The average Bonchev–Trinajstić information content (AvgIpc) is 3.40. The Morgan fingerprint density at radius 2 is 1.81 bits per heavy atom. The van der Waals surface area contributed by atoms with Crippen LogP contribution in [0.2, 0.25) is 0 Å². The first kappa shape index (κ1) is 18.9. The summed E-state index contributed by atoms with van der Waals surface area (Å²) in [5.41, 5.74) is 3.09. The van der Waals surface area contributed by atoms with Gasteiger partial charge in [0.25, 0.3) is 0 Å². The molecule has 0 aliphatic heterocycles. The van der Waals surface area contributed by atoms with Gasteiger partial charge in [-0.1, -0.05) is 12.1 Å². The number of aromatic nitrogens is 6. The number of nitrogens with one attached hydrogen (secondary N) is 1. The summed E-state index contributed by atoms with van der Waals surface area (Å²) < 4.78 is 31.3. The fraction of sp³-hybridized carbons (Fsp3) is 0.0909. The molecule has 0 saturated heterocycles. The number of fused-ring (bicyclic) bond motifs is 1. The zero-order chi connectivity index (χ0) is 21.4. The molecule has 4 heterocycles. The van der Waals surface area contributed by atoms with Crippen molar-refractivity contribution in [3.05, 3.63) is 90.0 Å². The van der Waals surface area contributed by atoms with Gasteiger partial charge in [-0.2, -0.15) is 5.10 Å². The van der Waals surface area contributed by atoms with Gasteiger partial charge in [-0.05, 0) is 43.3 Å². The smallest absolute Gasteiger partial charge is 0.155 e. The van der Waals surface area contributed by atoms with Gasteiger partial charge in [0.1, 0.15) is 23.8 Å². The molecule has 4 aromatic heterocycles. The zero-order valence-corrected chi connectivity index (χ0v) is 16.5. The third-order valence-electron chi connectivity index (χ3n) is 4.88. The molecule has 0 aliphatic rings. The third-order valence-corrected chi connectivity index (χ3v) is 4.88. The Morgan fingerprint density at radius 3 is 2.61 bits per heavy atom. The lowest BCUT2D eigenvalue weighted by Gasteiger charge is -2.07. The molecule has 5 aromatic rings. The van der Waals surface area contributed by atoms with Gasteiger partial charge in [-0.25, -0.2) is 27.9 Å². The lowest BCUT2D eigenvalue weighted by molar-refractivity contribution is 0.560. The van der Waals surface area contributed by atoms with Crippen LogP contribution in [0.4, 0.5) is 14.6 Å². The van der Waals surface area contributed by atoms with Crippen molar-refractivity contribution in [1.29, 1.82) is 0 Å². The minimum absolute atomic E-state index is 0.0433. The van der Waals surface area contributed by atoms with Gasteiger partial charge < -0.3 is 5.32 Å². The Bertz CT molecular complexity index is 1370. The van der Waals surface area contributed by atoms with Crippen LogP contribution in [0.15, 0.2) is 67.1 Å². The largest absolute Gasteiger partial charge is 0.364 e. The molecule has 0 spiro atoms. The number of hydrogen-bond donors (Lipinski definition) is 1. The Balaban J connectivity index is 1.56. The quantitative estimate of drug-likeness (QED) is 0.465. The molecule has 0 bridgehead atoms. The van der Waals surface area contributed by atoms with E-state index >= 15 is 0 Å². The lowest BCUT2D eigenvalue weighted by Crippen LogP contribution is -2.06. The minimum Gasteiger partial charge on any atom is -0.364 e. The van der Waals surface area contributed by atoms with E-state index in [1.54, 1.807) is 15.3 Å². The molecule has 31 heavy (non-hydrogen) atoms. The zero-order valence-electron chi connectivity index (χ0n) is 16.5. The van der Waals surface area contributed by atoms with Crippen molar-refractivity contribution in [2.75, 3.05) is 5.32 Å². The maximum Gasteiger partial charge on any atom is 0.155 e. The van der Waals surface area contributed by atoms with Crippen LogP contribution in [0.5, 0.6) is 0 Å². The summed E-state index contributed by atoms with van der Waals surface area (Å²) in [6, 6.07) is 15.0. The molecule has 0 amide bonds. The number of hydrogen-bond acceptors (Lipinski definition) is 5. The van der Waals surface area contributed by atoms with Gasteiger partial charge in [-0.3, -0.25) is 0 Å². The van der Waals surface area contributed by atoms with Crippen LogP contribution >= 0.6 is 0 Å². The van der Waals surface area contributed by atoms with Crippen molar-refractivity contribution in [1.82, 2.24) is 29.4 Å². The Labute approximate surface area is 176 Å². The van der Waals surface area contributed by atoms with Crippen LogP contribution in [0.1, 0.15) is 11.3 Å². The molecule has 154 valence electrons. The molecule has 0 fully saturated rings. The van der Waals surface area contributed by atoms with E-state index in [1.165, 1.54) is 24.5 Å². The first-order chi connectivity index (χ1) is 15.1. The maximum atomic E-state index is 14.0. The van der Waals surface area contributed by atoms with Gasteiger partial charge in [0.05, 0.1) is 5.69 Å². The highest BCUT2D eigenvalue weighted by Crippen LogP contribution is 2.26. The number of nitrogens with zero attached hydrogens (tertiary/aromatic N) is 6. The van der Waals surface area contributed by atoms with E-state index in [0.717, 1.165) is 22.6 Å². The van der Waals surface area contributed by atoms with E-state index in [-0.39, 0.29) is 12.1 Å². The molecular formula is C22H17F2N7. The van der Waals surface area contributed by atoms with E-state index < -0.39 is 11.6 Å². The van der Waals surface area contributed by atoms with E-state index in [2.05, 4.69) is 25.5 Å². The molecule has 0 atom stereocenters. The van der Waals surface area contributed by atoms with Crippen molar-refractivity contribution in [2.45, 2.75) is 13.5 Å². The first-order valence-electron chi connectivity index (χ1n) is 9.59. The summed E-state index contributed by atoms with van der Waals surface area (Å²) in [7, 11) is 0. The molecule has 7 nitrogen and oxygen atoms in total. The SMILES string of the molecule is Cc1cccc(-n2nc(NCc3c(F)cccc3F)cc2-c2ccc3ncnn3c2)n1. The van der Waals surface area contributed by atoms with Crippen LogP contribution in [0, 0.1) is 18.6 Å². The maximum absolute atomic E-state index is 14.0. The van der Waals surface area contributed by atoms with E-state index in [0.29, 0.717) is 11.6 Å². The van der Waals surface area contributed by atoms with Crippen molar-refractivity contribution in [3.8, 4) is 17.1 Å². The van der Waals surface area contributed by atoms with Crippen LogP contribution in [0.3, 0.4) is 0 Å². The van der Waals surface area contributed by atoms with Gasteiger partial charge in [0.15, 0.2) is 11.5 Å². The molecule has 9 heteroatoms. The first-order valence-corrected chi connectivity index (χ1v) is 9.59. The Hall–Kier alpha value is -4.14. The predicted molar refractivity (Wildman–Crippen MR) is 112 cm³/mol. The van der Waals surface area contributed by atoms with E-state index in [4.69, 9.17) is 0 Å². The number of halogens is 2. The second-order valence-electron chi connectivity index (χ2n) is 7.00. The molecular weight excluding hydrogens is 400 g/mol. The predicted octanol–water partition coefficient (Wildman–Crippen LogP) is 4.18. The number of rotatable bonds is 5. The second-order valence-corrected chi connectivity index (χ2v) is 7.00. The summed E-state index contributed by atoms with van der Waals surface area (Å²) >= 11 is 0. The minimum atomic E-state index is -0.607. The highest BCUT2D eigenvalue weighted by Gasteiger charge is 2.15. The fourth-order valence-corrected chi connectivity index (χ4v) is 3.34. The average molecular weight is 417 g/mol. The highest BCUT2D eigenvalue weighted by atomic mass is 19.1. The molecule has 0 unspecified atom stereocenters. The van der Waals surface area contributed by atoms with Gasteiger partial charge in [0.2, 0.25) is 0 Å². The van der Waals surface area contributed by atoms with Crippen LogP contribution in [-0.4, -0.2) is 29.4 Å². The number of benzene rings is 1. The Kier molecular flexibility index (Phi) is 4.62. The Morgan fingerprint density at radius 1 is 1.00 bits per heavy atom. The third kappa shape index (κ3) is 3.61. The van der Waals surface area contributed by atoms with E-state index in [1.807, 2.05) is 43.5 Å². The topological polar surface area (TPSA) is 72.9 Å². The number of pyridine rings is 2. The van der Waals surface area contributed by atoms with Crippen LogP contribution in [0.25, 0.3) is 22.7 Å². The monoisotopic (exact) mass is 417 g/mol. The van der Waals surface area contributed by atoms with Crippen molar-refractivity contribution >= 4 is 11.5 Å². The highest BCUT2D eigenvalue weighted by molar-refractivity contribution is 5.66. The second kappa shape index (κ2) is 7.60. The van der Waals surface area contributed by atoms with Gasteiger partial charge in [0, 0.05) is 35.6 Å². The lowest BCUT2D eigenvalue weighted by atomic mass is 10.2. The van der Waals surface area contributed by atoms with E-state index in [9.17, 15) is 8.78 Å². The molecule has 0 saturated carbocycles. The number of anilines is 1. The van der Waals surface area contributed by atoms with Crippen molar-refractivity contribution < 1.29 is 8.78 Å². The summed E-state index contributed by atoms with van der Waals surface area (Å²) in [5.74, 6) is -0.133. The number of aryl methyl sites for hydroxylation is 1.